The van der Waals surface area contributed by atoms with Crippen LogP contribution >= 0.6 is 11.3 Å². The average Bonchev–Trinajstić information content (AvgIpc) is 3.16. The highest BCUT2D eigenvalue weighted by atomic mass is 32.1. The van der Waals surface area contributed by atoms with Crippen molar-refractivity contribution in [2.75, 3.05) is 20.1 Å². The van der Waals surface area contributed by atoms with Crippen LogP contribution < -0.4 is 10.6 Å². The van der Waals surface area contributed by atoms with E-state index >= 15 is 0 Å². The number of nitrogens with one attached hydrogen (secondary N) is 2. The molecule has 2 amide bonds. The molecule has 1 unspecified atom stereocenters. The molecule has 1 fully saturated rings. The monoisotopic (exact) mass is 363 g/mol. The summed E-state index contributed by atoms with van der Waals surface area (Å²) >= 11 is 1.40. The van der Waals surface area contributed by atoms with E-state index in [0.29, 0.717) is 10.9 Å². The van der Waals surface area contributed by atoms with Gasteiger partial charge in [-0.2, -0.15) is 5.10 Å². The molecule has 8 heteroatoms. The van der Waals surface area contributed by atoms with Crippen molar-refractivity contribution in [3.05, 3.63) is 16.6 Å². The van der Waals surface area contributed by atoms with Crippen molar-refractivity contribution in [2.24, 2.45) is 7.05 Å². The average molecular weight is 363 g/mol. The Balaban J connectivity index is 1.63. The maximum atomic E-state index is 12.6. The lowest BCUT2D eigenvalue weighted by Crippen LogP contribution is -2.51. The Morgan fingerprint density at radius 1 is 1.36 bits per heavy atom. The summed E-state index contributed by atoms with van der Waals surface area (Å²) in [5.41, 5.74) is 0.907. The molecule has 1 saturated heterocycles. The van der Waals surface area contributed by atoms with Crippen LogP contribution in [0.1, 0.15) is 35.1 Å². The zero-order valence-electron chi connectivity index (χ0n) is 15.1. The quantitative estimate of drug-likeness (QED) is 0.857. The van der Waals surface area contributed by atoms with Crippen molar-refractivity contribution >= 4 is 33.4 Å². The predicted molar refractivity (Wildman–Crippen MR) is 98.9 cm³/mol. The molecule has 25 heavy (non-hydrogen) atoms. The second-order valence-electron chi connectivity index (χ2n) is 6.62. The van der Waals surface area contributed by atoms with Crippen molar-refractivity contribution in [1.29, 1.82) is 0 Å². The second kappa shape index (κ2) is 7.13. The number of rotatable bonds is 4. The molecule has 2 aromatic rings. The summed E-state index contributed by atoms with van der Waals surface area (Å²) in [6.45, 7) is 5.15. The van der Waals surface area contributed by atoms with Crippen LogP contribution in [0.2, 0.25) is 0 Å². The lowest BCUT2D eigenvalue weighted by molar-refractivity contribution is -0.133. The molecule has 136 valence electrons. The van der Waals surface area contributed by atoms with Gasteiger partial charge in [-0.25, -0.2) is 0 Å². The maximum absolute atomic E-state index is 12.6. The summed E-state index contributed by atoms with van der Waals surface area (Å²) in [4.78, 5) is 28.5. The van der Waals surface area contributed by atoms with Crippen LogP contribution in [-0.2, 0) is 11.8 Å². The molecule has 3 rings (SSSR count). The number of aryl methyl sites for hydroxylation is 2. The van der Waals surface area contributed by atoms with E-state index in [1.165, 1.54) is 11.3 Å². The molecule has 1 aliphatic rings. The number of nitrogens with zero attached hydrogens (tertiary/aromatic N) is 3. The summed E-state index contributed by atoms with van der Waals surface area (Å²) in [7, 11) is 3.82. The van der Waals surface area contributed by atoms with E-state index in [4.69, 9.17) is 0 Å². The van der Waals surface area contributed by atoms with Crippen LogP contribution in [-0.4, -0.2) is 58.7 Å². The van der Waals surface area contributed by atoms with Gasteiger partial charge in [-0.05, 0) is 39.8 Å². The molecule has 0 radical (unpaired) electrons. The number of hydrogen-bond donors (Lipinski definition) is 2. The normalized spacial score (nSPS) is 17.0. The van der Waals surface area contributed by atoms with E-state index in [0.717, 1.165) is 41.8 Å². The molecule has 1 aliphatic heterocycles. The summed E-state index contributed by atoms with van der Waals surface area (Å²) in [5, 5.41) is 11.4. The van der Waals surface area contributed by atoms with Gasteiger partial charge in [-0.1, -0.05) is 0 Å². The zero-order valence-corrected chi connectivity index (χ0v) is 15.9. The SMILES string of the molecule is CNC1CCN(C(=O)C(C)NC(=O)c2cc3c(C)nn(C)c3s2)CC1. The minimum atomic E-state index is -0.525. The molecule has 2 aromatic heterocycles. The molecule has 0 aromatic carbocycles. The van der Waals surface area contributed by atoms with Crippen LogP contribution in [0.25, 0.3) is 10.2 Å². The molecular formula is C17H25N5O2S. The number of amides is 2. The number of fused-ring (bicyclic) bond motifs is 1. The highest BCUT2D eigenvalue weighted by Crippen LogP contribution is 2.27. The van der Waals surface area contributed by atoms with Crippen LogP contribution in [0.5, 0.6) is 0 Å². The fraction of sp³-hybridized carbons (Fsp3) is 0.588. The van der Waals surface area contributed by atoms with Gasteiger partial charge in [0.25, 0.3) is 5.91 Å². The standard InChI is InChI=1S/C17H25N5O2S/c1-10-13-9-14(25-17(13)21(4)20-10)15(23)19-11(2)16(24)22-7-5-12(18-3)6-8-22/h9,11-12,18H,5-8H2,1-4H3,(H,19,23). The Bertz CT molecular complexity index is 754. The number of thiophene rings is 1. The first-order valence-corrected chi connectivity index (χ1v) is 9.42. The fourth-order valence-electron chi connectivity index (χ4n) is 3.31. The summed E-state index contributed by atoms with van der Waals surface area (Å²) in [6, 6.07) is 1.81. The molecular weight excluding hydrogens is 338 g/mol. The fourth-order valence-corrected chi connectivity index (χ4v) is 4.34. The van der Waals surface area contributed by atoms with Crippen LogP contribution in [0.15, 0.2) is 6.07 Å². The zero-order chi connectivity index (χ0) is 18.1. The van der Waals surface area contributed by atoms with Crippen molar-refractivity contribution in [1.82, 2.24) is 25.3 Å². The smallest absolute Gasteiger partial charge is 0.262 e. The van der Waals surface area contributed by atoms with Gasteiger partial charge in [0.1, 0.15) is 10.9 Å². The lowest BCUT2D eigenvalue weighted by Gasteiger charge is -2.33. The third-order valence-electron chi connectivity index (χ3n) is 4.85. The van der Waals surface area contributed by atoms with Gasteiger partial charge in [0.2, 0.25) is 5.91 Å². The van der Waals surface area contributed by atoms with E-state index in [2.05, 4.69) is 15.7 Å². The summed E-state index contributed by atoms with van der Waals surface area (Å²) in [6.07, 6.45) is 1.90. The first kappa shape index (κ1) is 17.9. The van der Waals surface area contributed by atoms with Gasteiger partial charge in [0, 0.05) is 31.6 Å². The van der Waals surface area contributed by atoms with Gasteiger partial charge >= 0.3 is 0 Å². The number of aromatic nitrogens is 2. The highest BCUT2D eigenvalue weighted by Gasteiger charge is 2.27. The Labute approximate surface area is 151 Å². The molecule has 7 nitrogen and oxygen atoms in total. The van der Waals surface area contributed by atoms with Crippen molar-refractivity contribution in [3.8, 4) is 0 Å². The predicted octanol–water partition coefficient (Wildman–Crippen LogP) is 1.27. The van der Waals surface area contributed by atoms with Crippen LogP contribution in [0.4, 0.5) is 0 Å². The lowest BCUT2D eigenvalue weighted by atomic mass is 10.0. The number of likely N-dealkylation sites (tertiary alicyclic amines) is 1. The second-order valence-corrected chi connectivity index (χ2v) is 7.65. The molecule has 0 saturated carbocycles. The maximum Gasteiger partial charge on any atom is 0.262 e. The number of carbonyl (C=O) groups excluding carboxylic acids is 2. The van der Waals surface area contributed by atoms with Gasteiger partial charge in [0.05, 0.1) is 10.6 Å². The Morgan fingerprint density at radius 2 is 2.04 bits per heavy atom. The first-order chi connectivity index (χ1) is 11.9. The number of piperidine rings is 1. The minimum Gasteiger partial charge on any atom is -0.341 e. The highest BCUT2D eigenvalue weighted by molar-refractivity contribution is 7.20. The third-order valence-corrected chi connectivity index (χ3v) is 6.05. The van der Waals surface area contributed by atoms with Gasteiger partial charge in [0.15, 0.2) is 0 Å². The van der Waals surface area contributed by atoms with E-state index in [1.807, 2.05) is 32.0 Å². The van der Waals surface area contributed by atoms with Crippen LogP contribution in [0, 0.1) is 6.92 Å². The van der Waals surface area contributed by atoms with Crippen molar-refractivity contribution in [2.45, 2.75) is 38.8 Å². The Kier molecular flexibility index (Phi) is 5.10. The van der Waals surface area contributed by atoms with Crippen molar-refractivity contribution < 1.29 is 9.59 Å². The minimum absolute atomic E-state index is 0.0122. The molecule has 0 aliphatic carbocycles. The molecule has 2 N–H and O–H groups in total. The molecule has 0 spiro atoms. The first-order valence-electron chi connectivity index (χ1n) is 8.60. The van der Waals surface area contributed by atoms with E-state index in [9.17, 15) is 9.59 Å². The largest absolute Gasteiger partial charge is 0.341 e. The Hall–Kier alpha value is -1.93. The molecule has 0 bridgehead atoms. The number of hydrogen-bond acceptors (Lipinski definition) is 5. The summed E-state index contributed by atoms with van der Waals surface area (Å²) < 4.78 is 1.78. The van der Waals surface area contributed by atoms with Gasteiger partial charge < -0.3 is 15.5 Å². The van der Waals surface area contributed by atoms with E-state index in [-0.39, 0.29) is 11.8 Å². The van der Waals surface area contributed by atoms with Gasteiger partial charge in [-0.15, -0.1) is 11.3 Å². The topological polar surface area (TPSA) is 79.3 Å². The van der Waals surface area contributed by atoms with Crippen LogP contribution in [0.3, 0.4) is 0 Å². The Morgan fingerprint density at radius 3 is 2.64 bits per heavy atom. The number of carbonyl (C=O) groups is 2. The van der Waals surface area contributed by atoms with Crippen molar-refractivity contribution in [3.63, 3.8) is 0 Å². The van der Waals surface area contributed by atoms with Gasteiger partial charge in [-0.3, -0.25) is 14.3 Å². The molecule has 1 atom stereocenters. The molecule has 3 heterocycles. The van der Waals surface area contributed by atoms with E-state index in [1.54, 1.807) is 11.6 Å². The summed E-state index contributed by atoms with van der Waals surface area (Å²) in [5.74, 6) is -0.214. The third kappa shape index (κ3) is 3.55. The van der Waals surface area contributed by atoms with E-state index < -0.39 is 6.04 Å².